The molecule has 14 nitrogen and oxygen atoms in total. The summed E-state index contributed by atoms with van der Waals surface area (Å²) in [6.45, 7) is 2.94. The summed E-state index contributed by atoms with van der Waals surface area (Å²) in [7, 11) is 0. The molecule has 1 aromatic carbocycles. The minimum atomic E-state index is -3.44. The summed E-state index contributed by atoms with van der Waals surface area (Å²) >= 11 is 5.72. The number of anilines is 1. The number of aliphatic hydroxyl groups is 2. The Balaban J connectivity index is 1.58. The van der Waals surface area contributed by atoms with Crippen molar-refractivity contribution in [2.45, 2.75) is 70.3 Å². The number of H-pyrrole nitrogens is 1. The van der Waals surface area contributed by atoms with Gasteiger partial charge in [0.1, 0.15) is 29.6 Å². The van der Waals surface area contributed by atoms with Gasteiger partial charge < -0.3 is 34.5 Å². The number of nitrogens with one attached hydrogen (secondary N) is 2. The second-order valence-electron chi connectivity index (χ2n) is 9.63. The highest BCUT2D eigenvalue weighted by Gasteiger charge is 2.56. The largest absolute Gasteiger partial charge is 0.462 e. The van der Waals surface area contributed by atoms with E-state index in [1.165, 1.54) is 10.9 Å². The maximum atomic E-state index is 12.5. The Morgan fingerprint density at radius 1 is 1.35 bits per heavy atom. The summed E-state index contributed by atoms with van der Waals surface area (Å²) in [6.07, 6.45) is -2.72. The number of aromatic amines is 1. The Hall–Kier alpha value is -2.91. The van der Waals surface area contributed by atoms with Crippen molar-refractivity contribution in [2.75, 3.05) is 12.3 Å². The number of para-hydroxylation sites is 1. The Bertz CT molecular complexity index is 1450. The van der Waals surface area contributed by atoms with Crippen LogP contribution in [0, 0.1) is 0 Å². The number of imidazole rings is 1. The van der Waals surface area contributed by atoms with Crippen molar-refractivity contribution in [3.63, 3.8) is 0 Å². The molecule has 40 heavy (non-hydrogen) atoms. The molecule has 6 N–H and O–H groups in total. The maximum Gasteiger partial charge on any atom is 0.323 e. The molecule has 16 heteroatoms. The smallest absolute Gasteiger partial charge is 0.323 e. The van der Waals surface area contributed by atoms with Gasteiger partial charge in [-0.05, 0) is 51.1 Å². The molecule has 2 aromatic heterocycles. The van der Waals surface area contributed by atoms with E-state index >= 15 is 0 Å². The van der Waals surface area contributed by atoms with Crippen LogP contribution in [-0.2, 0) is 30.6 Å². The number of hydrogen-bond acceptors (Lipinski definition) is 12. The number of ether oxygens (including phenoxy) is 2. The van der Waals surface area contributed by atoms with Gasteiger partial charge in [0.15, 0.2) is 17.4 Å². The molecule has 1 saturated heterocycles. The molecule has 0 bridgehead atoms. The van der Waals surface area contributed by atoms with Crippen molar-refractivity contribution in [3.05, 3.63) is 47.0 Å². The van der Waals surface area contributed by atoms with Crippen LogP contribution in [0.1, 0.15) is 40.3 Å². The number of rotatable bonds is 11. The van der Waals surface area contributed by atoms with Crippen LogP contribution in [-0.4, -0.2) is 72.3 Å². The van der Waals surface area contributed by atoms with Crippen LogP contribution < -0.4 is 20.9 Å². The van der Waals surface area contributed by atoms with Gasteiger partial charge in [-0.25, -0.2) is 10.1 Å². The molecule has 0 aliphatic carbocycles. The van der Waals surface area contributed by atoms with Crippen LogP contribution in [0.15, 0.2) is 41.5 Å². The van der Waals surface area contributed by atoms with Crippen molar-refractivity contribution >= 4 is 41.5 Å². The SMILES string of the molecule is CCC1(O)C(O)C(COP(=S)(NC(C)C(=O)OC(C)C)Oc2ccccc2)OC1n1cnc2c(=O)[nH]c(N)nc21. The second kappa shape index (κ2) is 11.9. The van der Waals surface area contributed by atoms with E-state index in [-0.39, 0.29) is 36.2 Å². The van der Waals surface area contributed by atoms with Crippen LogP contribution in [0.25, 0.3) is 11.2 Å². The van der Waals surface area contributed by atoms with Gasteiger partial charge in [0, 0.05) is 0 Å². The predicted molar refractivity (Wildman–Crippen MR) is 149 cm³/mol. The number of nitrogen functional groups attached to an aromatic ring is 1. The maximum absolute atomic E-state index is 12.5. The Kier molecular flexibility index (Phi) is 8.95. The standard InChI is InChI=1S/C24H33N6O8PS/c1-5-24(34)18(31)16(37-22(24)30-12-26-17-19(30)27-23(25)28-20(17)32)11-35-39(40,38-15-9-7-6-8-10-15)29-14(4)21(33)36-13(2)3/h6-10,12-14,16,18,22,31,34H,5,11H2,1-4H3,(H,29,40)(H3,25,27,28,32). The zero-order valence-electron chi connectivity index (χ0n) is 22.4. The lowest BCUT2D eigenvalue weighted by Gasteiger charge is -2.30. The van der Waals surface area contributed by atoms with Gasteiger partial charge in [0.2, 0.25) is 5.95 Å². The molecule has 0 spiro atoms. The molecule has 0 amide bonds. The first-order chi connectivity index (χ1) is 18.9. The highest BCUT2D eigenvalue weighted by Crippen LogP contribution is 2.48. The summed E-state index contributed by atoms with van der Waals surface area (Å²) in [5.41, 5.74) is 3.40. The Morgan fingerprint density at radius 2 is 2.05 bits per heavy atom. The zero-order chi connectivity index (χ0) is 29.2. The van der Waals surface area contributed by atoms with Gasteiger partial charge >= 0.3 is 12.6 Å². The highest BCUT2D eigenvalue weighted by atomic mass is 32.5. The number of fused-ring (bicyclic) bond motifs is 1. The van der Waals surface area contributed by atoms with E-state index in [0.717, 1.165) is 0 Å². The number of benzene rings is 1. The van der Waals surface area contributed by atoms with Crippen molar-refractivity contribution in [1.82, 2.24) is 24.6 Å². The lowest BCUT2D eigenvalue weighted by atomic mass is 9.91. The van der Waals surface area contributed by atoms with Crippen LogP contribution in [0.2, 0.25) is 0 Å². The molecule has 3 aromatic rings. The lowest BCUT2D eigenvalue weighted by molar-refractivity contribution is -0.149. The molecule has 3 heterocycles. The fourth-order valence-electron chi connectivity index (χ4n) is 4.27. The van der Waals surface area contributed by atoms with E-state index in [4.69, 9.17) is 36.1 Å². The van der Waals surface area contributed by atoms with Gasteiger partial charge in [0.05, 0.1) is 19.0 Å². The molecule has 1 aliphatic heterocycles. The summed E-state index contributed by atoms with van der Waals surface area (Å²) in [4.78, 5) is 35.3. The fraction of sp³-hybridized carbons (Fsp3) is 0.500. The first kappa shape index (κ1) is 30.1. The quantitative estimate of drug-likeness (QED) is 0.157. The molecule has 0 saturated carbocycles. The van der Waals surface area contributed by atoms with E-state index < -0.39 is 48.2 Å². The third kappa shape index (κ3) is 6.20. The molecular weight excluding hydrogens is 563 g/mol. The Morgan fingerprint density at radius 3 is 2.70 bits per heavy atom. The average Bonchev–Trinajstić information content (AvgIpc) is 3.42. The lowest BCUT2D eigenvalue weighted by Crippen LogP contribution is -2.46. The van der Waals surface area contributed by atoms with Crippen LogP contribution >= 0.6 is 6.64 Å². The van der Waals surface area contributed by atoms with Crippen LogP contribution in [0.5, 0.6) is 5.75 Å². The number of nitrogens with two attached hydrogens (primary N) is 1. The monoisotopic (exact) mass is 596 g/mol. The van der Waals surface area contributed by atoms with Gasteiger partial charge in [-0.1, -0.05) is 25.1 Å². The molecule has 1 fully saturated rings. The number of carbonyl (C=O) groups is 1. The number of nitrogens with zero attached hydrogens (tertiary/aromatic N) is 3. The predicted octanol–water partition coefficient (Wildman–Crippen LogP) is 1.35. The summed E-state index contributed by atoms with van der Waals surface area (Å²) in [5.74, 6) is -0.291. The van der Waals surface area contributed by atoms with E-state index in [2.05, 4.69) is 20.0 Å². The van der Waals surface area contributed by atoms with E-state index in [1.54, 1.807) is 58.0 Å². The van der Waals surface area contributed by atoms with E-state index in [1.807, 2.05) is 0 Å². The van der Waals surface area contributed by atoms with Gasteiger partial charge in [-0.2, -0.15) is 4.98 Å². The first-order valence-electron chi connectivity index (χ1n) is 12.6. The van der Waals surface area contributed by atoms with Gasteiger partial charge in [-0.3, -0.25) is 19.1 Å². The third-order valence-electron chi connectivity index (χ3n) is 6.30. The van der Waals surface area contributed by atoms with Gasteiger partial charge in [-0.15, -0.1) is 0 Å². The average molecular weight is 597 g/mol. The summed E-state index contributed by atoms with van der Waals surface area (Å²) < 4.78 is 24.7. The molecular formula is C24H33N6O8PS. The third-order valence-corrected chi connectivity index (χ3v) is 8.80. The van der Waals surface area contributed by atoms with Gasteiger partial charge in [0.25, 0.3) is 5.56 Å². The van der Waals surface area contributed by atoms with Crippen molar-refractivity contribution in [3.8, 4) is 5.75 Å². The van der Waals surface area contributed by atoms with Crippen molar-refractivity contribution in [2.24, 2.45) is 0 Å². The van der Waals surface area contributed by atoms with Crippen molar-refractivity contribution in [1.29, 1.82) is 0 Å². The van der Waals surface area contributed by atoms with E-state index in [0.29, 0.717) is 5.75 Å². The number of aromatic nitrogens is 4. The molecule has 0 radical (unpaired) electrons. The molecule has 218 valence electrons. The first-order valence-corrected chi connectivity index (χ1v) is 15.3. The topological polar surface area (TPSA) is 196 Å². The molecule has 1 aliphatic rings. The minimum absolute atomic E-state index is 0.0105. The summed E-state index contributed by atoms with van der Waals surface area (Å²) in [5, 5.41) is 25.6. The summed E-state index contributed by atoms with van der Waals surface area (Å²) in [6, 6.07) is 7.79. The molecule has 4 rings (SSSR count). The van der Waals surface area contributed by atoms with Crippen molar-refractivity contribution < 1.29 is 33.5 Å². The van der Waals surface area contributed by atoms with Crippen LogP contribution in [0.3, 0.4) is 0 Å². The second-order valence-corrected chi connectivity index (χ2v) is 12.8. The molecule has 6 atom stereocenters. The number of carbonyl (C=O) groups excluding carboxylic acids is 1. The van der Waals surface area contributed by atoms with Crippen LogP contribution in [0.4, 0.5) is 5.95 Å². The Labute approximate surface area is 235 Å². The zero-order valence-corrected chi connectivity index (χ0v) is 24.1. The molecule has 6 unspecified atom stereocenters. The number of aliphatic hydroxyl groups excluding tert-OH is 1. The highest BCUT2D eigenvalue weighted by molar-refractivity contribution is 8.09. The van der Waals surface area contributed by atoms with E-state index in [9.17, 15) is 19.8 Å². The number of esters is 1. The normalized spacial score (nSPS) is 25.1. The minimum Gasteiger partial charge on any atom is -0.462 e. The number of hydrogen-bond donors (Lipinski definition) is 5. The fourth-order valence-corrected chi connectivity index (χ4v) is 6.68.